The first-order valence-corrected chi connectivity index (χ1v) is 5.25. The fourth-order valence-electron chi connectivity index (χ4n) is 1.43. The molecule has 86 valence electrons. The fourth-order valence-corrected chi connectivity index (χ4v) is 1.43. The van der Waals surface area contributed by atoms with Crippen LogP contribution in [-0.2, 0) is 9.53 Å². The van der Waals surface area contributed by atoms with E-state index in [0.717, 1.165) is 5.56 Å². The van der Waals surface area contributed by atoms with Crippen molar-refractivity contribution < 1.29 is 13.9 Å². The van der Waals surface area contributed by atoms with E-state index in [1.807, 2.05) is 30.3 Å². The molecule has 0 fully saturated rings. The maximum Gasteiger partial charge on any atom is 0.308 e. The smallest absolute Gasteiger partial charge is 0.308 e. The van der Waals surface area contributed by atoms with Gasteiger partial charge in [-0.2, -0.15) is 0 Å². The molecular weight excluding hydrogens is 216 g/mol. The average molecular weight is 228 g/mol. The predicted octanol–water partition coefficient (Wildman–Crippen LogP) is 3.34. The van der Waals surface area contributed by atoms with Gasteiger partial charge in [-0.15, -0.1) is 0 Å². The van der Waals surface area contributed by atoms with E-state index in [9.17, 15) is 4.79 Å². The lowest BCUT2D eigenvalue weighted by molar-refractivity contribution is -0.134. The van der Waals surface area contributed by atoms with Crippen molar-refractivity contribution in [2.75, 3.05) is 0 Å². The Balaban J connectivity index is 2.34. The Bertz CT molecular complexity index is 510. The number of carbonyl (C=O) groups is 1. The van der Waals surface area contributed by atoms with Gasteiger partial charge in [-0.25, -0.2) is 0 Å². The van der Waals surface area contributed by atoms with Crippen LogP contribution in [0, 0.1) is 0 Å². The van der Waals surface area contributed by atoms with E-state index in [2.05, 4.69) is 0 Å². The molecule has 0 saturated carbocycles. The Morgan fingerprint density at radius 1 is 1.18 bits per heavy atom. The highest BCUT2D eigenvalue weighted by atomic mass is 16.5. The topological polar surface area (TPSA) is 39.4 Å². The predicted molar refractivity (Wildman–Crippen MR) is 64.8 cm³/mol. The van der Waals surface area contributed by atoms with Crippen molar-refractivity contribution in [2.45, 2.75) is 6.92 Å². The third kappa shape index (κ3) is 3.08. The Kier molecular flexibility index (Phi) is 3.40. The van der Waals surface area contributed by atoms with Gasteiger partial charge in [0.1, 0.15) is 0 Å². The average Bonchev–Trinajstić information content (AvgIpc) is 2.82. The zero-order chi connectivity index (χ0) is 12.1. The van der Waals surface area contributed by atoms with Gasteiger partial charge in [0, 0.05) is 6.92 Å². The van der Waals surface area contributed by atoms with Gasteiger partial charge in [0.15, 0.2) is 11.5 Å². The van der Waals surface area contributed by atoms with Crippen LogP contribution in [0.3, 0.4) is 0 Å². The highest BCUT2D eigenvalue weighted by Gasteiger charge is 2.08. The van der Waals surface area contributed by atoms with Gasteiger partial charge in [0.05, 0.1) is 6.26 Å². The zero-order valence-electron chi connectivity index (χ0n) is 9.42. The zero-order valence-corrected chi connectivity index (χ0v) is 9.42. The molecule has 1 heterocycles. The van der Waals surface area contributed by atoms with Crippen LogP contribution >= 0.6 is 0 Å². The van der Waals surface area contributed by atoms with Crippen LogP contribution in [0.4, 0.5) is 0 Å². The molecule has 0 aliphatic heterocycles. The van der Waals surface area contributed by atoms with Crippen molar-refractivity contribution in [3.63, 3.8) is 0 Å². The number of furan rings is 1. The fraction of sp³-hybridized carbons (Fsp3) is 0.0714. The minimum Gasteiger partial charge on any atom is -0.461 e. The van der Waals surface area contributed by atoms with E-state index in [4.69, 9.17) is 9.15 Å². The van der Waals surface area contributed by atoms with E-state index in [0.29, 0.717) is 11.5 Å². The highest BCUT2D eigenvalue weighted by molar-refractivity contribution is 5.82. The first-order valence-electron chi connectivity index (χ1n) is 5.25. The lowest BCUT2D eigenvalue weighted by atomic mass is 10.2. The molecule has 0 spiro atoms. The number of hydrogen-bond donors (Lipinski definition) is 0. The minimum absolute atomic E-state index is 0.372. The van der Waals surface area contributed by atoms with Crippen molar-refractivity contribution in [1.82, 2.24) is 0 Å². The standard InChI is InChI=1S/C14H12O3/c1-11(15)17-14(13-8-5-9-16-13)10-12-6-3-2-4-7-12/h2-10H,1H3. The molecule has 2 aromatic rings. The summed E-state index contributed by atoms with van der Waals surface area (Å²) in [7, 11) is 0. The van der Waals surface area contributed by atoms with Crippen molar-refractivity contribution in [2.24, 2.45) is 0 Å². The van der Waals surface area contributed by atoms with Gasteiger partial charge in [-0.05, 0) is 23.8 Å². The lowest BCUT2D eigenvalue weighted by Gasteiger charge is -2.04. The van der Waals surface area contributed by atoms with E-state index in [-0.39, 0.29) is 5.97 Å². The minimum atomic E-state index is -0.372. The SMILES string of the molecule is CC(=O)OC(=Cc1ccccc1)c1ccco1. The van der Waals surface area contributed by atoms with Gasteiger partial charge in [0.2, 0.25) is 0 Å². The molecule has 0 aliphatic rings. The molecule has 0 bridgehead atoms. The van der Waals surface area contributed by atoms with E-state index in [1.54, 1.807) is 18.2 Å². The summed E-state index contributed by atoms with van der Waals surface area (Å²) in [6, 6.07) is 13.1. The maximum absolute atomic E-state index is 11.0. The Hall–Kier alpha value is -2.29. The van der Waals surface area contributed by atoms with Crippen LogP contribution in [0.15, 0.2) is 53.1 Å². The van der Waals surface area contributed by atoms with Crippen LogP contribution in [0.1, 0.15) is 18.2 Å². The van der Waals surface area contributed by atoms with Gasteiger partial charge in [0.25, 0.3) is 0 Å². The van der Waals surface area contributed by atoms with Crippen LogP contribution in [-0.4, -0.2) is 5.97 Å². The molecule has 1 aromatic heterocycles. The van der Waals surface area contributed by atoms with Crippen LogP contribution < -0.4 is 0 Å². The summed E-state index contributed by atoms with van der Waals surface area (Å²) in [6.45, 7) is 1.36. The third-order valence-electron chi connectivity index (χ3n) is 2.12. The molecule has 0 aliphatic carbocycles. The number of carbonyl (C=O) groups excluding carboxylic acids is 1. The van der Waals surface area contributed by atoms with E-state index in [1.165, 1.54) is 13.2 Å². The summed E-state index contributed by atoms with van der Waals surface area (Å²) in [6.07, 6.45) is 3.30. The largest absolute Gasteiger partial charge is 0.461 e. The van der Waals surface area contributed by atoms with Crippen molar-refractivity contribution in [3.8, 4) is 0 Å². The Labute approximate surface area is 99.3 Å². The normalized spacial score (nSPS) is 11.2. The Morgan fingerprint density at radius 3 is 2.53 bits per heavy atom. The molecule has 0 radical (unpaired) electrons. The van der Waals surface area contributed by atoms with E-state index >= 15 is 0 Å². The molecule has 3 heteroatoms. The third-order valence-corrected chi connectivity index (χ3v) is 2.12. The number of benzene rings is 1. The molecule has 17 heavy (non-hydrogen) atoms. The van der Waals surface area contributed by atoms with Gasteiger partial charge >= 0.3 is 5.97 Å². The first kappa shape index (κ1) is 11.2. The second-order valence-electron chi connectivity index (χ2n) is 3.49. The summed E-state index contributed by atoms with van der Waals surface area (Å²) in [5.74, 6) is 0.571. The summed E-state index contributed by atoms with van der Waals surface area (Å²) < 4.78 is 10.4. The number of rotatable bonds is 3. The monoisotopic (exact) mass is 228 g/mol. The van der Waals surface area contributed by atoms with Crippen LogP contribution in [0.5, 0.6) is 0 Å². The quantitative estimate of drug-likeness (QED) is 0.597. The summed E-state index contributed by atoms with van der Waals surface area (Å²) in [4.78, 5) is 11.0. The number of hydrogen-bond acceptors (Lipinski definition) is 3. The van der Waals surface area contributed by atoms with Crippen LogP contribution in [0.25, 0.3) is 11.8 Å². The molecule has 0 unspecified atom stereocenters. The molecule has 0 saturated heterocycles. The molecule has 0 atom stereocenters. The second kappa shape index (κ2) is 5.16. The second-order valence-corrected chi connectivity index (χ2v) is 3.49. The number of esters is 1. The first-order chi connectivity index (χ1) is 8.25. The maximum atomic E-state index is 11.0. The highest BCUT2D eigenvalue weighted by Crippen LogP contribution is 2.20. The molecule has 0 N–H and O–H groups in total. The van der Waals surface area contributed by atoms with Crippen molar-refractivity contribution >= 4 is 17.8 Å². The van der Waals surface area contributed by atoms with E-state index < -0.39 is 0 Å². The molecule has 1 aromatic carbocycles. The van der Waals surface area contributed by atoms with Gasteiger partial charge < -0.3 is 9.15 Å². The molecule has 2 rings (SSSR count). The lowest BCUT2D eigenvalue weighted by Crippen LogP contribution is -1.97. The summed E-state index contributed by atoms with van der Waals surface area (Å²) in [5, 5.41) is 0. The summed E-state index contributed by atoms with van der Waals surface area (Å²) in [5.41, 5.74) is 0.945. The molecule has 0 amide bonds. The Morgan fingerprint density at radius 2 is 1.94 bits per heavy atom. The van der Waals surface area contributed by atoms with Gasteiger partial charge in [-0.3, -0.25) is 4.79 Å². The molecule has 3 nitrogen and oxygen atoms in total. The van der Waals surface area contributed by atoms with Crippen molar-refractivity contribution in [1.29, 1.82) is 0 Å². The van der Waals surface area contributed by atoms with Crippen molar-refractivity contribution in [3.05, 3.63) is 60.1 Å². The summed E-state index contributed by atoms with van der Waals surface area (Å²) >= 11 is 0. The number of ether oxygens (including phenoxy) is 1. The van der Waals surface area contributed by atoms with Gasteiger partial charge in [-0.1, -0.05) is 30.3 Å². The van der Waals surface area contributed by atoms with Crippen LogP contribution in [0.2, 0.25) is 0 Å². The molecular formula is C14H12O3.